The second-order valence-electron chi connectivity index (χ2n) is 4.10. The fourth-order valence-electron chi connectivity index (χ4n) is 1.70. The van der Waals surface area contributed by atoms with Crippen molar-refractivity contribution >= 4 is 40.5 Å². The van der Waals surface area contributed by atoms with Gasteiger partial charge in [0.15, 0.2) is 5.69 Å². The number of pyridine rings is 1. The lowest BCUT2D eigenvalue weighted by Gasteiger charge is -2.11. The Morgan fingerprint density at radius 3 is 2.52 bits per heavy atom. The number of anilines is 2. The van der Waals surface area contributed by atoms with Gasteiger partial charge >= 0.3 is 5.97 Å². The molecule has 8 heteroatoms. The molecule has 0 bridgehead atoms. The van der Waals surface area contributed by atoms with Crippen LogP contribution in [0.4, 0.5) is 15.8 Å². The van der Waals surface area contributed by atoms with E-state index in [0.717, 1.165) is 6.07 Å². The number of esters is 1. The molecule has 1 aromatic carbocycles. The largest absolute Gasteiger partial charge is 0.464 e. The predicted molar refractivity (Wildman–Crippen MR) is 79.8 cm³/mol. The third kappa shape index (κ3) is 2.86. The number of aromatic nitrogens is 1. The summed E-state index contributed by atoms with van der Waals surface area (Å²) in [4.78, 5) is 15.7. The number of hydrogen-bond donors (Lipinski definition) is 2. The molecule has 0 aliphatic carbocycles. The molecule has 0 spiro atoms. The number of halogens is 3. The van der Waals surface area contributed by atoms with Gasteiger partial charge in [-0.25, -0.2) is 14.2 Å². The molecule has 5 nitrogen and oxygen atoms in total. The SMILES string of the molecule is COC(=O)c1nc(-c2cc(F)c(Cl)cc2N)cc(N)c1Cl. The number of ether oxygens (including phenoxy) is 1. The summed E-state index contributed by atoms with van der Waals surface area (Å²) in [6.45, 7) is 0. The Bertz CT molecular complexity index is 738. The summed E-state index contributed by atoms with van der Waals surface area (Å²) < 4.78 is 18.2. The topological polar surface area (TPSA) is 91.2 Å². The van der Waals surface area contributed by atoms with E-state index in [-0.39, 0.29) is 38.4 Å². The lowest BCUT2D eigenvalue weighted by atomic mass is 10.1. The first-order valence-electron chi connectivity index (χ1n) is 5.64. The lowest BCUT2D eigenvalue weighted by molar-refractivity contribution is 0.0594. The van der Waals surface area contributed by atoms with Gasteiger partial charge in [-0.05, 0) is 18.2 Å². The Labute approximate surface area is 129 Å². The molecule has 0 fully saturated rings. The van der Waals surface area contributed by atoms with Crippen molar-refractivity contribution in [1.29, 1.82) is 0 Å². The van der Waals surface area contributed by atoms with Gasteiger partial charge < -0.3 is 16.2 Å². The summed E-state index contributed by atoms with van der Waals surface area (Å²) in [5, 5.41) is -0.162. The zero-order valence-corrected chi connectivity index (χ0v) is 12.3. The van der Waals surface area contributed by atoms with E-state index in [1.807, 2.05) is 0 Å². The fraction of sp³-hybridized carbons (Fsp3) is 0.0769. The maximum Gasteiger partial charge on any atom is 0.358 e. The molecule has 0 atom stereocenters. The molecule has 0 radical (unpaired) electrons. The Kier molecular flexibility index (Phi) is 4.20. The predicted octanol–water partition coefficient (Wildman–Crippen LogP) is 3.15. The average molecular weight is 330 g/mol. The smallest absolute Gasteiger partial charge is 0.358 e. The maximum atomic E-state index is 13.6. The number of rotatable bonds is 2. The standard InChI is InChI=1S/C13H10Cl2FN3O2/c1-21-13(20)12-11(15)9(18)4-10(19-12)5-2-7(16)6(14)3-8(5)17/h2-4H,17H2,1H3,(H2,18,19). The highest BCUT2D eigenvalue weighted by Crippen LogP contribution is 2.33. The third-order valence-corrected chi connectivity index (χ3v) is 3.42. The highest BCUT2D eigenvalue weighted by atomic mass is 35.5. The zero-order valence-electron chi connectivity index (χ0n) is 10.8. The third-order valence-electron chi connectivity index (χ3n) is 2.73. The molecule has 0 aliphatic rings. The Balaban J connectivity index is 2.68. The highest BCUT2D eigenvalue weighted by molar-refractivity contribution is 6.35. The van der Waals surface area contributed by atoms with Crippen LogP contribution in [0.2, 0.25) is 10.0 Å². The van der Waals surface area contributed by atoms with Crippen LogP contribution < -0.4 is 11.5 Å². The van der Waals surface area contributed by atoms with Crippen molar-refractivity contribution in [3.8, 4) is 11.3 Å². The van der Waals surface area contributed by atoms with Crippen molar-refractivity contribution in [3.05, 3.63) is 39.8 Å². The minimum atomic E-state index is -0.762. The summed E-state index contributed by atoms with van der Waals surface area (Å²) in [6.07, 6.45) is 0. The van der Waals surface area contributed by atoms with Gasteiger partial charge in [0.25, 0.3) is 0 Å². The minimum absolute atomic E-state index is 0.0430. The van der Waals surface area contributed by atoms with Crippen LogP contribution in [-0.4, -0.2) is 18.1 Å². The van der Waals surface area contributed by atoms with Crippen LogP contribution >= 0.6 is 23.2 Å². The second-order valence-corrected chi connectivity index (χ2v) is 4.89. The van der Waals surface area contributed by atoms with E-state index in [1.54, 1.807) is 0 Å². The van der Waals surface area contributed by atoms with Gasteiger partial charge in [-0.15, -0.1) is 0 Å². The van der Waals surface area contributed by atoms with E-state index in [0.29, 0.717) is 0 Å². The van der Waals surface area contributed by atoms with Crippen LogP contribution in [0.15, 0.2) is 18.2 Å². The molecule has 1 heterocycles. The van der Waals surface area contributed by atoms with E-state index in [9.17, 15) is 9.18 Å². The average Bonchev–Trinajstić information content (AvgIpc) is 2.45. The van der Waals surface area contributed by atoms with Gasteiger partial charge in [0, 0.05) is 11.3 Å². The van der Waals surface area contributed by atoms with Crippen molar-refractivity contribution < 1.29 is 13.9 Å². The number of hydrogen-bond acceptors (Lipinski definition) is 5. The number of nitrogens with zero attached hydrogens (tertiary/aromatic N) is 1. The van der Waals surface area contributed by atoms with E-state index >= 15 is 0 Å². The van der Waals surface area contributed by atoms with Gasteiger partial charge in [0.05, 0.1) is 28.5 Å². The molecular weight excluding hydrogens is 320 g/mol. The summed E-state index contributed by atoms with van der Waals surface area (Å²) >= 11 is 11.5. The van der Waals surface area contributed by atoms with Crippen LogP contribution in [0.25, 0.3) is 11.3 Å². The van der Waals surface area contributed by atoms with E-state index in [4.69, 9.17) is 34.7 Å². The highest BCUT2D eigenvalue weighted by Gasteiger charge is 2.19. The minimum Gasteiger partial charge on any atom is -0.464 e. The fourth-order valence-corrected chi connectivity index (χ4v) is 2.05. The van der Waals surface area contributed by atoms with Gasteiger partial charge in [-0.3, -0.25) is 0 Å². The van der Waals surface area contributed by atoms with Gasteiger partial charge in [0.1, 0.15) is 5.82 Å². The number of nitrogen functional groups attached to an aromatic ring is 2. The monoisotopic (exact) mass is 329 g/mol. The van der Waals surface area contributed by atoms with Crippen LogP contribution in [0.1, 0.15) is 10.5 Å². The van der Waals surface area contributed by atoms with E-state index in [2.05, 4.69) is 9.72 Å². The number of carbonyl (C=O) groups is 1. The lowest BCUT2D eigenvalue weighted by Crippen LogP contribution is -2.08. The Morgan fingerprint density at radius 1 is 1.24 bits per heavy atom. The summed E-state index contributed by atoms with van der Waals surface area (Å²) in [5.41, 5.74) is 12.0. The van der Waals surface area contributed by atoms with Crippen molar-refractivity contribution in [2.45, 2.75) is 0 Å². The number of benzene rings is 1. The number of carbonyl (C=O) groups excluding carboxylic acids is 1. The Morgan fingerprint density at radius 2 is 1.90 bits per heavy atom. The van der Waals surface area contributed by atoms with Gasteiger partial charge in [-0.1, -0.05) is 23.2 Å². The molecule has 0 aliphatic heterocycles. The Hall–Kier alpha value is -2.05. The van der Waals surface area contributed by atoms with Crippen molar-refractivity contribution in [2.24, 2.45) is 0 Å². The van der Waals surface area contributed by atoms with Crippen molar-refractivity contribution in [2.75, 3.05) is 18.6 Å². The van der Waals surface area contributed by atoms with E-state index < -0.39 is 11.8 Å². The van der Waals surface area contributed by atoms with Crippen molar-refractivity contribution in [1.82, 2.24) is 4.98 Å². The molecule has 2 aromatic rings. The summed E-state index contributed by atoms with van der Waals surface area (Å²) in [5.74, 6) is -1.43. The first kappa shape index (κ1) is 15.3. The number of nitrogens with two attached hydrogens (primary N) is 2. The molecular formula is C13H10Cl2FN3O2. The van der Waals surface area contributed by atoms with Crippen molar-refractivity contribution in [3.63, 3.8) is 0 Å². The summed E-state index contributed by atoms with van der Waals surface area (Å²) in [6, 6.07) is 3.73. The molecule has 0 saturated heterocycles. The van der Waals surface area contributed by atoms with Crippen LogP contribution in [0, 0.1) is 5.82 Å². The number of methoxy groups -OCH3 is 1. The van der Waals surface area contributed by atoms with Crippen LogP contribution in [-0.2, 0) is 4.74 Å². The normalized spacial score (nSPS) is 10.5. The molecule has 110 valence electrons. The molecule has 1 aromatic heterocycles. The van der Waals surface area contributed by atoms with Crippen LogP contribution in [0.5, 0.6) is 0 Å². The van der Waals surface area contributed by atoms with E-state index in [1.165, 1.54) is 19.2 Å². The molecule has 0 amide bonds. The maximum absolute atomic E-state index is 13.6. The van der Waals surface area contributed by atoms with Gasteiger partial charge in [-0.2, -0.15) is 0 Å². The zero-order chi connectivity index (χ0) is 15.7. The molecule has 0 saturated carbocycles. The first-order chi connectivity index (χ1) is 9.85. The van der Waals surface area contributed by atoms with Gasteiger partial charge in [0.2, 0.25) is 0 Å². The molecule has 4 N–H and O–H groups in total. The molecule has 0 unspecified atom stereocenters. The quantitative estimate of drug-likeness (QED) is 0.652. The second kappa shape index (κ2) is 5.75. The summed E-state index contributed by atoms with van der Waals surface area (Å²) in [7, 11) is 1.18. The molecule has 2 rings (SSSR count). The first-order valence-corrected chi connectivity index (χ1v) is 6.40. The molecule has 21 heavy (non-hydrogen) atoms. The van der Waals surface area contributed by atoms with Crippen LogP contribution in [0.3, 0.4) is 0 Å².